The van der Waals surface area contributed by atoms with E-state index in [-0.39, 0.29) is 18.5 Å². The number of amides is 1. The number of carbonyl (C=O) groups is 1. The van der Waals surface area contributed by atoms with Gasteiger partial charge in [-0.2, -0.15) is 4.80 Å². The van der Waals surface area contributed by atoms with Crippen LogP contribution in [0.1, 0.15) is 23.8 Å². The number of aromatic nitrogens is 4. The number of halogens is 1. The molecule has 3 aromatic rings. The van der Waals surface area contributed by atoms with Gasteiger partial charge in [-0.05, 0) is 53.8 Å². The Hall–Kier alpha value is -2.25. The molecule has 1 aliphatic rings. The minimum absolute atomic E-state index is 0.0240. The van der Waals surface area contributed by atoms with Gasteiger partial charge in [0, 0.05) is 22.0 Å². The van der Waals surface area contributed by atoms with Gasteiger partial charge in [0.2, 0.25) is 11.7 Å². The van der Waals surface area contributed by atoms with E-state index in [9.17, 15) is 4.79 Å². The molecule has 1 amide bonds. The van der Waals surface area contributed by atoms with Gasteiger partial charge in [0.25, 0.3) is 0 Å². The van der Waals surface area contributed by atoms with Crippen LogP contribution >= 0.6 is 22.9 Å². The summed E-state index contributed by atoms with van der Waals surface area (Å²) in [6.45, 7) is 0.878. The second kappa shape index (κ2) is 6.93. The van der Waals surface area contributed by atoms with Crippen LogP contribution in [0.5, 0.6) is 0 Å². The molecule has 0 saturated carbocycles. The predicted octanol–water partition coefficient (Wildman–Crippen LogP) is 3.42. The van der Waals surface area contributed by atoms with E-state index in [0.717, 1.165) is 24.9 Å². The van der Waals surface area contributed by atoms with Crippen LogP contribution in [-0.4, -0.2) is 37.6 Å². The molecular weight excluding hydrogens is 358 g/mol. The summed E-state index contributed by atoms with van der Waals surface area (Å²) in [5.74, 6) is 0.511. The quantitative estimate of drug-likeness (QED) is 0.703. The highest BCUT2D eigenvalue weighted by atomic mass is 35.5. The Morgan fingerprint density at radius 1 is 1.28 bits per heavy atom. The maximum Gasteiger partial charge on any atom is 0.246 e. The standard InChI is InChI=1S/C17H16ClN5OS/c18-13-7-5-12(6-8-13)17-19-21-23(20-17)11-16(24)22-9-1-3-14(22)15-4-2-10-25-15/h2,4-8,10,14H,1,3,9,11H2/t14-/m1/s1. The summed E-state index contributed by atoms with van der Waals surface area (Å²) < 4.78 is 0. The molecule has 128 valence electrons. The molecule has 0 bridgehead atoms. The Morgan fingerprint density at radius 2 is 2.12 bits per heavy atom. The summed E-state index contributed by atoms with van der Waals surface area (Å²) >= 11 is 7.59. The molecule has 1 aliphatic heterocycles. The van der Waals surface area contributed by atoms with Crippen molar-refractivity contribution in [2.75, 3.05) is 6.54 Å². The highest BCUT2D eigenvalue weighted by Gasteiger charge is 2.30. The molecule has 2 aromatic heterocycles. The van der Waals surface area contributed by atoms with Gasteiger partial charge < -0.3 is 4.90 Å². The molecular formula is C17H16ClN5OS. The Balaban J connectivity index is 1.47. The summed E-state index contributed by atoms with van der Waals surface area (Å²) in [6.07, 6.45) is 2.03. The number of carbonyl (C=O) groups excluding carboxylic acids is 1. The third-order valence-electron chi connectivity index (χ3n) is 4.28. The predicted molar refractivity (Wildman–Crippen MR) is 96.3 cm³/mol. The molecule has 0 aliphatic carbocycles. The number of tetrazole rings is 1. The number of hydrogen-bond acceptors (Lipinski definition) is 5. The van der Waals surface area contributed by atoms with E-state index < -0.39 is 0 Å². The van der Waals surface area contributed by atoms with Gasteiger partial charge in [-0.3, -0.25) is 4.79 Å². The van der Waals surface area contributed by atoms with E-state index in [2.05, 4.69) is 21.5 Å². The summed E-state index contributed by atoms with van der Waals surface area (Å²) in [6, 6.07) is 11.5. The molecule has 0 unspecified atom stereocenters. The first kappa shape index (κ1) is 16.2. The highest BCUT2D eigenvalue weighted by molar-refractivity contribution is 7.10. The molecule has 4 rings (SSSR count). The first-order chi connectivity index (χ1) is 12.2. The topological polar surface area (TPSA) is 63.9 Å². The van der Waals surface area contributed by atoms with E-state index in [1.165, 1.54) is 9.67 Å². The maximum atomic E-state index is 12.7. The van der Waals surface area contributed by atoms with Gasteiger partial charge in [0.15, 0.2) is 0 Å². The average Bonchev–Trinajstić information content (AvgIpc) is 3.36. The Kier molecular flexibility index (Phi) is 4.50. The summed E-state index contributed by atoms with van der Waals surface area (Å²) in [5, 5.41) is 15.1. The summed E-state index contributed by atoms with van der Waals surface area (Å²) in [7, 11) is 0. The molecule has 1 saturated heterocycles. The number of likely N-dealkylation sites (tertiary alicyclic amines) is 1. The van der Waals surface area contributed by atoms with Crippen molar-refractivity contribution in [2.45, 2.75) is 25.4 Å². The van der Waals surface area contributed by atoms with Crippen LogP contribution in [-0.2, 0) is 11.3 Å². The third-order valence-corrected chi connectivity index (χ3v) is 5.50. The van der Waals surface area contributed by atoms with Crippen molar-refractivity contribution in [3.63, 3.8) is 0 Å². The van der Waals surface area contributed by atoms with Crippen LogP contribution in [0, 0.1) is 0 Å². The molecule has 0 radical (unpaired) electrons. The second-order valence-corrected chi connectivity index (χ2v) is 7.33. The van der Waals surface area contributed by atoms with Crippen LogP contribution in [0.4, 0.5) is 0 Å². The number of hydrogen-bond donors (Lipinski definition) is 0. The Bertz CT molecular complexity index is 862. The van der Waals surface area contributed by atoms with Crippen LogP contribution < -0.4 is 0 Å². The molecule has 3 heterocycles. The number of rotatable bonds is 4. The summed E-state index contributed by atoms with van der Waals surface area (Å²) in [5.41, 5.74) is 0.820. The van der Waals surface area contributed by atoms with Gasteiger partial charge in [-0.1, -0.05) is 17.7 Å². The average molecular weight is 374 g/mol. The zero-order valence-electron chi connectivity index (χ0n) is 13.4. The lowest BCUT2D eigenvalue weighted by Crippen LogP contribution is -2.33. The smallest absolute Gasteiger partial charge is 0.246 e. The molecule has 8 heteroatoms. The normalized spacial score (nSPS) is 17.2. The molecule has 25 heavy (non-hydrogen) atoms. The first-order valence-electron chi connectivity index (χ1n) is 8.07. The van der Waals surface area contributed by atoms with Crippen LogP contribution in [0.25, 0.3) is 11.4 Å². The monoisotopic (exact) mass is 373 g/mol. The van der Waals surface area contributed by atoms with Crippen molar-refractivity contribution in [3.8, 4) is 11.4 Å². The third kappa shape index (κ3) is 3.43. The zero-order chi connectivity index (χ0) is 17.2. The van der Waals surface area contributed by atoms with E-state index in [0.29, 0.717) is 10.8 Å². The Labute approximate surface area is 154 Å². The molecule has 1 fully saturated rings. The van der Waals surface area contributed by atoms with E-state index >= 15 is 0 Å². The maximum absolute atomic E-state index is 12.7. The largest absolute Gasteiger partial charge is 0.333 e. The lowest BCUT2D eigenvalue weighted by molar-refractivity contribution is -0.133. The number of thiophene rings is 1. The van der Waals surface area contributed by atoms with Crippen LogP contribution in [0.2, 0.25) is 5.02 Å². The van der Waals surface area contributed by atoms with Gasteiger partial charge in [0.05, 0.1) is 6.04 Å². The fourth-order valence-corrected chi connectivity index (χ4v) is 4.08. The molecule has 0 spiro atoms. The Morgan fingerprint density at radius 3 is 2.88 bits per heavy atom. The van der Waals surface area contributed by atoms with Gasteiger partial charge in [0.1, 0.15) is 6.54 Å². The fraction of sp³-hybridized carbons (Fsp3) is 0.294. The van der Waals surface area contributed by atoms with E-state index in [4.69, 9.17) is 11.6 Å². The lowest BCUT2D eigenvalue weighted by Gasteiger charge is -2.23. The first-order valence-corrected chi connectivity index (χ1v) is 9.33. The van der Waals surface area contributed by atoms with E-state index in [1.54, 1.807) is 23.5 Å². The number of benzene rings is 1. The van der Waals surface area contributed by atoms with Crippen molar-refractivity contribution in [3.05, 3.63) is 51.7 Å². The fourth-order valence-electron chi connectivity index (χ4n) is 3.08. The summed E-state index contributed by atoms with van der Waals surface area (Å²) in [4.78, 5) is 17.2. The van der Waals surface area contributed by atoms with Gasteiger partial charge in [-0.25, -0.2) is 0 Å². The SMILES string of the molecule is O=C(Cn1nnc(-c2ccc(Cl)cc2)n1)N1CCC[C@@H]1c1cccs1. The van der Waals surface area contributed by atoms with Crippen LogP contribution in [0.15, 0.2) is 41.8 Å². The van der Waals surface area contributed by atoms with Crippen molar-refractivity contribution in [1.82, 2.24) is 25.1 Å². The lowest BCUT2D eigenvalue weighted by atomic mass is 10.2. The molecule has 6 nitrogen and oxygen atoms in total. The van der Waals surface area contributed by atoms with Crippen molar-refractivity contribution < 1.29 is 4.79 Å². The second-order valence-electron chi connectivity index (χ2n) is 5.91. The van der Waals surface area contributed by atoms with Crippen LogP contribution in [0.3, 0.4) is 0 Å². The molecule has 1 atom stereocenters. The minimum Gasteiger partial charge on any atom is -0.333 e. The molecule has 0 N–H and O–H groups in total. The van der Waals surface area contributed by atoms with Gasteiger partial charge in [-0.15, -0.1) is 21.5 Å². The molecule has 1 aromatic carbocycles. The number of nitrogens with zero attached hydrogens (tertiary/aromatic N) is 5. The van der Waals surface area contributed by atoms with Crippen molar-refractivity contribution in [1.29, 1.82) is 0 Å². The van der Waals surface area contributed by atoms with Gasteiger partial charge >= 0.3 is 0 Å². The zero-order valence-corrected chi connectivity index (χ0v) is 15.0. The minimum atomic E-state index is 0.0240. The van der Waals surface area contributed by atoms with E-state index in [1.807, 2.05) is 28.5 Å². The highest BCUT2D eigenvalue weighted by Crippen LogP contribution is 2.34. The van der Waals surface area contributed by atoms with Crippen molar-refractivity contribution >= 4 is 28.8 Å². The van der Waals surface area contributed by atoms with Crippen molar-refractivity contribution in [2.24, 2.45) is 0 Å².